The highest BCUT2D eigenvalue weighted by Crippen LogP contribution is 2.32. The maximum absolute atomic E-state index is 11.7. The van der Waals surface area contributed by atoms with Crippen molar-refractivity contribution in [2.24, 2.45) is 0 Å². The smallest absolute Gasteiger partial charge is 0.322 e. The zero-order valence-electron chi connectivity index (χ0n) is 10.9. The first-order chi connectivity index (χ1) is 9.16. The lowest BCUT2D eigenvalue weighted by Gasteiger charge is -2.22. The Balaban J connectivity index is 1.97. The summed E-state index contributed by atoms with van der Waals surface area (Å²) < 4.78 is 0. The number of nitrogens with one attached hydrogen (secondary N) is 1. The summed E-state index contributed by atoms with van der Waals surface area (Å²) in [5.41, 5.74) is 1.80. The van der Waals surface area contributed by atoms with Crippen LogP contribution in [0.3, 0.4) is 0 Å². The SMILES string of the molecule is O=C(O)CNC(=O)c1ccc(C2CCCCC2)cc1. The van der Waals surface area contributed by atoms with Crippen molar-refractivity contribution in [2.45, 2.75) is 38.0 Å². The number of aliphatic carboxylic acids is 1. The van der Waals surface area contributed by atoms with Crippen molar-refractivity contribution in [2.75, 3.05) is 6.54 Å². The molecule has 19 heavy (non-hydrogen) atoms. The van der Waals surface area contributed by atoms with Gasteiger partial charge in [0.15, 0.2) is 0 Å². The number of benzene rings is 1. The highest BCUT2D eigenvalue weighted by atomic mass is 16.4. The fourth-order valence-corrected chi connectivity index (χ4v) is 2.60. The highest BCUT2D eigenvalue weighted by Gasteiger charge is 2.15. The first-order valence-electron chi connectivity index (χ1n) is 6.77. The summed E-state index contributed by atoms with van der Waals surface area (Å²) in [6, 6.07) is 7.54. The normalized spacial score (nSPS) is 16.0. The number of carbonyl (C=O) groups excluding carboxylic acids is 1. The van der Waals surface area contributed by atoms with Crippen LogP contribution in [0.5, 0.6) is 0 Å². The predicted molar refractivity (Wildman–Crippen MR) is 72.2 cm³/mol. The lowest BCUT2D eigenvalue weighted by Crippen LogP contribution is -2.29. The van der Waals surface area contributed by atoms with Gasteiger partial charge < -0.3 is 10.4 Å². The summed E-state index contributed by atoms with van der Waals surface area (Å²) in [5.74, 6) is -0.755. The number of hydrogen-bond acceptors (Lipinski definition) is 2. The highest BCUT2D eigenvalue weighted by molar-refractivity contribution is 5.95. The molecule has 1 aliphatic carbocycles. The second-order valence-corrected chi connectivity index (χ2v) is 5.03. The van der Waals surface area contributed by atoms with Crippen molar-refractivity contribution in [3.8, 4) is 0 Å². The Morgan fingerprint density at radius 2 is 1.74 bits per heavy atom. The molecular formula is C15H19NO3. The molecule has 1 aromatic carbocycles. The third kappa shape index (κ3) is 3.81. The van der Waals surface area contributed by atoms with Gasteiger partial charge in [0.2, 0.25) is 0 Å². The number of amides is 1. The maximum Gasteiger partial charge on any atom is 0.322 e. The van der Waals surface area contributed by atoms with Gasteiger partial charge in [0.05, 0.1) is 0 Å². The molecule has 2 N–H and O–H groups in total. The number of carbonyl (C=O) groups is 2. The lowest BCUT2D eigenvalue weighted by atomic mass is 9.84. The van der Waals surface area contributed by atoms with E-state index in [1.165, 1.54) is 37.7 Å². The Kier molecular flexibility index (Phi) is 4.55. The molecule has 1 aliphatic rings. The van der Waals surface area contributed by atoms with Gasteiger partial charge in [0, 0.05) is 5.56 Å². The van der Waals surface area contributed by atoms with Gasteiger partial charge in [0.1, 0.15) is 6.54 Å². The molecule has 0 heterocycles. The molecule has 0 aromatic heterocycles. The molecule has 1 fully saturated rings. The molecule has 4 nitrogen and oxygen atoms in total. The van der Waals surface area contributed by atoms with E-state index >= 15 is 0 Å². The van der Waals surface area contributed by atoms with Crippen molar-refractivity contribution in [3.05, 3.63) is 35.4 Å². The average molecular weight is 261 g/mol. The number of rotatable bonds is 4. The predicted octanol–water partition coefficient (Wildman–Crippen LogP) is 2.55. The molecule has 0 bridgehead atoms. The van der Waals surface area contributed by atoms with Crippen LogP contribution in [0.15, 0.2) is 24.3 Å². The Morgan fingerprint density at radius 1 is 1.11 bits per heavy atom. The second-order valence-electron chi connectivity index (χ2n) is 5.03. The first kappa shape index (κ1) is 13.6. The third-order valence-corrected chi connectivity index (χ3v) is 3.65. The van der Waals surface area contributed by atoms with Crippen LogP contribution in [-0.4, -0.2) is 23.5 Å². The topological polar surface area (TPSA) is 66.4 Å². The van der Waals surface area contributed by atoms with Crippen LogP contribution in [0.4, 0.5) is 0 Å². The standard InChI is InChI=1S/C15H19NO3/c17-14(18)10-16-15(19)13-8-6-12(7-9-13)11-4-2-1-3-5-11/h6-9,11H,1-5,10H2,(H,16,19)(H,17,18). The summed E-state index contributed by atoms with van der Waals surface area (Å²) in [5, 5.41) is 10.9. The zero-order valence-corrected chi connectivity index (χ0v) is 10.9. The van der Waals surface area contributed by atoms with E-state index in [1.54, 1.807) is 12.1 Å². The quantitative estimate of drug-likeness (QED) is 0.875. The Morgan fingerprint density at radius 3 is 2.32 bits per heavy atom. The molecule has 1 saturated carbocycles. The van der Waals surface area contributed by atoms with Crippen molar-refractivity contribution < 1.29 is 14.7 Å². The maximum atomic E-state index is 11.7. The minimum Gasteiger partial charge on any atom is -0.480 e. The summed E-state index contributed by atoms with van der Waals surface area (Å²) in [6.45, 7) is -0.344. The van der Waals surface area contributed by atoms with E-state index in [0.717, 1.165) is 0 Å². The number of hydrogen-bond donors (Lipinski definition) is 2. The molecule has 0 atom stereocenters. The van der Waals surface area contributed by atoms with Crippen LogP contribution in [0.1, 0.15) is 53.9 Å². The number of carboxylic acid groups (broad SMARTS) is 1. The second kappa shape index (κ2) is 6.36. The summed E-state index contributed by atoms with van der Waals surface area (Å²) in [7, 11) is 0. The Bertz CT molecular complexity index is 447. The van der Waals surface area contributed by atoms with Crippen LogP contribution in [0.2, 0.25) is 0 Å². The molecule has 0 radical (unpaired) electrons. The molecule has 0 aliphatic heterocycles. The Hall–Kier alpha value is -1.84. The van der Waals surface area contributed by atoms with Crippen LogP contribution in [0, 0.1) is 0 Å². The molecule has 1 amide bonds. The largest absolute Gasteiger partial charge is 0.480 e. The van der Waals surface area contributed by atoms with E-state index in [1.807, 2.05) is 12.1 Å². The van der Waals surface area contributed by atoms with E-state index in [4.69, 9.17) is 5.11 Å². The third-order valence-electron chi connectivity index (χ3n) is 3.65. The van der Waals surface area contributed by atoms with Crippen molar-refractivity contribution in [1.29, 1.82) is 0 Å². The van der Waals surface area contributed by atoms with Crippen LogP contribution in [0.25, 0.3) is 0 Å². The molecule has 0 spiro atoms. The summed E-state index contributed by atoms with van der Waals surface area (Å²) >= 11 is 0. The fourth-order valence-electron chi connectivity index (χ4n) is 2.60. The van der Waals surface area contributed by atoms with Gasteiger partial charge in [-0.3, -0.25) is 9.59 Å². The van der Waals surface area contributed by atoms with Gasteiger partial charge in [-0.2, -0.15) is 0 Å². The van der Waals surface area contributed by atoms with Gasteiger partial charge in [-0.15, -0.1) is 0 Å². The molecular weight excluding hydrogens is 242 g/mol. The van der Waals surface area contributed by atoms with Gasteiger partial charge >= 0.3 is 5.97 Å². The zero-order chi connectivity index (χ0) is 13.7. The van der Waals surface area contributed by atoms with Crippen LogP contribution in [-0.2, 0) is 4.79 Å². The fraction of sp³-hybridized carbons (Fsp3) is 0.467. The van der Waals surface area contributed by atoms with Gasteiger partial charge in [-0.1, -0.05) is 31.4 Å². The van der Waals surface area contributed by atoms with E-state index in [2.05, 4.69) is 5.32 Å². The van der Waals surface area contributed by atoms with Crippen LogP contribution >= 0.6 is 0 Å². The van der Waals surface area contributed by atoms with E-state index in [0.29, 0.717) is 11.5 Å². The van der Waals surface area contributed by atoms with Crippen molar-refractivity contribution in [1.82, 2.24) is 5.32 Å². The van der Waals surface area contributed by atoms with Gasteiger partial charge in [-0.05, 0) is 36.5 Å². The molecule has 0 unspecified atom stereocenters. The van der Waals surface area contributed by atoms with E-state index < -0.39 is 5.97 Å². The number of carboxylic acids is 1. The van der Waals surface area contributed by atoms with Crippen molar-refractivity contribution >= 4 is 11.9 Å². The summed E-state index contributed by atoms with van der Waals surface area (Å²) in [6.07, 6.45) is 6.35. The van der Waals surface area contributed by atoms with Gasteiger partial charge in [-0.25, -0.2) is 0 Å². The lowest BCUT2D eigenvalue weighted by molar-refractivity contribution is -0.135. The van der Waals surface area contributed by atoms with Crippen molar-refractivity contribution in [3.63, 3.8) is 0 Å². The monoisotopic (exact) mass is 261 g/mol. The van der Waals surface area contributed by atoms with Crippen LogP contribution < -0.4 is 5.32 Å². The average Bonchev–Trinajstić information content (AvgIpc) is 2.46. The first-order valence-corrected chi connectivity index (χ1v) is 6.77. The molecule has 1 aromatic rings. The molecule has 102 valence electrons. The van der Waals surface area contributed by atoms with Gasteiger partial charge in [0.25, 0.3) is 5.91 Å². The minimum absolute atomic E-state index is 0.336. The minimum atomic E-state index is -1.04. The Labute approximate surface area is 112 Å². The van der Waals surface area contributed by atoms with E-state index in [9.17, 15) is 9.59 Å². The van der Waals surface area contributed by atoms with E-state index in [-0.39, 0.29) is 12.5 Å². The molecule has 2 rings (SSSR count). The molecule has 4 heteroatoms. The summed E-state index contributed by atoms with van der Waals surface area (Å²) in [4.78, 5) is 22.0. The molecule has 0 saturated heterocycles.